The van der Waals surface area contributed by atoms with Crippen molar-refractivity contribution >= 4 is 29.1 Å². The highest BCUT2D eigenvalue weighted by Gasteiger charge is 2.28. The molecule has 9 heteroatoms. The minimum atomic E-state index is -0.353. The third-order valence-corrected chi connectivity index (χ3v) is 5.88. The van der Waals surface area contributed by atoms with Crippen molar-refractivity contribution in [3.63, 3.8) is 0 Å². The summed E-state index contributed by atoms with van der Waals surface area (Å²) in [6, 6.07) is 10.9. The van der Waals surface area contributed by atoms with Crippen molar-refractivity contribution in [1.82, 2.24) is 14.8 Å². The Bertz CT molecular complexity index is 935. The second-order valence-electron chi connectivity index (χ2n) is 7.99. The fourth-order valence-corrected chi connectivity index (χ4v) is 4.16. The van der Waals surface area contributed by atoms with Gasteiger partial charge in [0.05, 0.1) is 0 Å². The van der Waals surface area contributed by atoms with Crippen LogP contribution in [0.15, 0.2) is 46.6 Å². The standard InChI is InChI=1S/C22H29N7O2/c23-20-9-8-18(21(24)25-20)27-26-17-6-2-3-7-19(17)31-22(30)29-14-10-16(11-15-29)28-12-4-1-5-13-28/h2-3,6-9,16H,1,4-5,10-15H2,(H4,23,24,25). The molecule has 2 aromatic rings. The average Bonchev–Trinajstić information content (AvgIpc) is 2.80. The number of likely N-dealkylation sites (tertiary alicyclic amines) is 2. The van der Waals surface area contributed by atoms with Crippen LogP contribution in [0.25, 0.3) is 0 Å². The van der Waals surface area contributed by atoms with Crippen LogP contribution in [-0.2, 0) is 0 Å². The van der Waals surface area contributed by atoms with Gasteiger partial charge in [0.2, 0.25) is 0 Å². The molecule has 0 radical (unpaired) electrons. The number of azo groups is 1. The number of piperidine rings is 2. The molecule has 0 bridgehead atoms. The van der Waals surface area contributed by atoms with Gasteiger partial charge >= 0.3 is 6.09 Å². The predicted octanol–water partition coefficient (Wildman–Crippen LogP) is 4.11. The van der Waals surface area contributed by atoms with Crippen molar-refractivity contribution < 1.29 is 9.53 Å². The number of pyridine rings is 1. The normalized spacial score (nSPS) is 18.4. The number of nitrogens with zero attached hydrogens (tertiary/aromatic N) is 5. The van der Waals surface area contributed by atoms with Crippen LogP contribution < -0.4 is 16.2 Å². The van der Waals surface area contributed by atoms with Crippen molar-refractivity contribution in [1.29, 1.82) is 0 Å². The topological polar surface area (TPSA) is 122 Å². The highest BCUT2D eigenvalue weighted by atomic mass is 16.6. The largest absolute Gasteiger partial charge is 0.415 e. The van der Waals surface area contributed by atoms with Crippen molar-refractivity contribution in [2.45, 2.75) is 38.1 Å². The summed E-state index contributed by atoms with van der Waals surface area (Å²) in [4.78, 5) is 21.1. The molecule has 1 aromatic heterocycles. The summed E-state index contributed by atoms with van der Waals surface area (Å²) in [5.74, 6) is 0.862. The summed E-state index contributed by atoms with van der Waals surface area (Å²) < 4.78 is 5.66. The number of amides is 1. The molecule has 164 valence electrons. The smallest absolute Gasteiger partial charge is 0.408 e. The first kappa shape index (κ1) is 21.0. The molecule has 2 saturated heterocycles. The highest BCUT2D eigenvalue weighted by molar-refractivity contribution is 5.73. The lowest BCUT2D eigenvalue weighted by Gasteiger charge is -2.39. The maximum Gasteiger partial charge on any atom is 0.415 e. The lowest BCUT2D eigenvalue weighted by Crippen LogP contribution is -2.48. The van der Waals surface area contributed by atoms with Gasteiger partial charge < -0.3 is 26.0 Å². The minimum absolute atomic E-state index is 0.190. The van der Waals surface area contributed by atoms with E-state index in [0.717, 1.165) is 12.8 Å². The number of benzene rings is 1. The summed E-state index contributed by atoms with van der Waals surface area (Å²) in [5, 5.41) is 8.33. The molecule has 3 heterocycles. The first-order valence-electron chi connectivity index (χ1n) is 10.8. The molecule has 1 amide bonds. The van der Waals surface area contributed by atoms with E-state index in [0.29, 0.717) is 42.1 Å². The number of carbonyl (C=O) groups excluding carboxylic acids is 1. The lowest BCUT2D eigenvalue weighted by atomic mass is 10.0. The number of nitrogen functional groups attached to an aromatic ring is 2. The van der Waals surface area contributed by atoms with Crippen molar-refractivity contribution in [3.8, 4) is 5.75 Å². The zero-order chi connectivity index (χ0) is 21.6. The molecule has 4 N–H and O–H groups in total. The number of rotatable bonds is 4. The third-order valence-electron chi connectivity index (χ3n) is 5.88. The van der Waals surface area contributed by atoms with Crippen LogP contribution in [0.5, 0.6) is 5.75 Å². The van der Waals surface area contributed by atoms with Crippen molar-refractivity contribution in [3.05, 3.63) is 36.4 Å². The Morgan fingerprint density at radius 3 is 2.39 bits per heavy atom. The zero-order valence-electron chi connectivity index (χ0n) is 17.6. The Morgan fingerprint density at radius 1 is 0.935 bits per heavy atom. The van der Waals surface area contributed by atoms with Gasteiger partial charge in [0.25, 0.3) is 0 Å². The first-order chi connectivity index (χ1) is 15.1. The van der Waals surface area contributed by atoms with Crippen LogP contribution >= 0.6 is 0 Å². The molecule has 9 nitrogen and oxygen atoms in total. The van der Waals surface area contributed by atoms with E-state index in [1.165, 1.54) is 32.4 Å². The number of para-hydroxylation sites is 1. The summed E-state index contributed by atoms with van der Waals surface area (Å²) in [6.07, 6.45) is 5.52. The Hall–Kier alpha value is -3.20. The van der Waals surface area contributed by atoms with E-state index in [2.05, 4.69) is 20.1 Å². The number of hydrogen-bond acceptors (Lipinski definition) is 8. The minimum Gasteiger partial charge on any atom is -0.408 e. The quantitative estimate of drug-likeness (QED) is 0.714. The van der Waals surface area contributed by atoms with E-state index in [9.17, 15) is 4.79 Å². The van der Waals surface area contributed by atoms with E-state index in [1.54, 1.807) is 41.3 Å². The Labute approximate surface area is 182 Å². The number of aromatic nitrogens is 1. The molecule has 4 rings (SSSR count). The maximum atomic E-state index is 12.7. The van der Waals surface area contributed by atoms with Gasteiger partial charge in [0.1, 0.15) is 17.2 Å². The van der Waals surface area contributed by atoms with Gasteiger partial charge in [0, 0.05) is 19.1 Å². The van der Waals surface area contributed by atoms with Crippen LogP contribution in [0.1, 0.15) is 32.1 Å². The monoisotopic (exact) mass is 423 g/mol. The van der Waals surface area contributed by atoms with Gasteiger partial charge in [-0.3, -0.25) is 0 Å². The van der Waals surface area contributed by atoms with E-state index in [1.807, 2.05) is 0 Å². The van der Waals surface area contributed by atoms with Gasteiger partial charge in [0.15, 0.2) is 11.6 Å². The molecule has 0 saturated carbocycles. The molecule has 1 aromatic carbocycles. The third kappa shape index (κ3) is 5.29. The molecule has 0 atom stereocenters. The van der Waals surface area contributed by atoms with Gasteiger partial charge in [-0.05, 0) is 63.0 Å². The highest BCUT2D eigenvalue weighted by Crippen LogP contribution is 2.31. The molecular formula is C22H29N7O2. The summed E-state index contributed by atoms with van der Waals surface area (Å²) in [5.41, 5.74) is 12.3. The molecule has 2 aliphatic rings. The molecule has 31 heavy (non-hydrogen) atoms. The number of nitrogens with two attached hydrogens (primary N) is 2. The fraction of sp³-hybridized carbons (Fsp3) is 0.455. The van der Waals surface area contributed by atoms with Crippen LogP contribution in [0, 0.1) is 0 Å². The molecule has 0 unspecified atom stereocenters. The Balaban J connectivity index is 1.37. The van der Waals surface area contributed by atoms with Crippen LogP contribution in [0.3, 0.4) is 0 Å². The lowest BCUT2D eigenvalue weighted by molar-refractivity contribution is 0.0879. The second kappa shape index (κ2) is 9.74. The maximum absolute atomic E-state index is 12.7. The molecular weight excluding hydrogens is 394 g/mol. The fourth-order valence-electron chi connectivity index (χ4n) is 4.16. The Kier molecular flexibility index (Phi) is 6.61. The van der Waals surface area contributed by atoms with Gasteiger partial charge in [-0.2, -0.15) is 0 Å². The van der Waals surface area contributed by atoms with Gasteiger partial charge in [-0.15, -0.1) is 10.2 Å². The van der Waals surface area contributed by atoms with Crippen LogP contribution in [0.2, 0.25) is 0 Å². The SMILES string of the molecule is Nc1ccc(N=Nc2ccccc2OC(=O)N2CCC(N3CCCCC3)CC2)c(N)n1. The zero-order valence-corrected chi connectivity index (χ0v) is 17.6. The van der Waals surface area contributed by atoms with E-state index < -0.39 is 0 Å². The van der Waals surface area contributed by atoms with Gasteiger partial charge in [-0.1, -0.05) is 18.6 Å². The molecule has 2 aliphatic heterocycles. The molecule has 2 fully saturated rings. The summed E-state index contributed by atoms with van der Waals surface area (Å²) in [7, 11) is 0. The predicted molar refractivity (Wildman–Crippen MR) is 120 cm³/mol. The first-order valence-corrected chi connectivity index (χ1v) is 10.8. The van der Waals surface area contributed by atoms with Crippen LogP contribution in [0.4, 0.5) is 27.8 Å². The second-order valence-corrected chi connectivity index (χ2v) is 7.99. The molecule has 0 aliphatic carbocycles. The number of hydrogen-bond donors (Lipinski definition) is 2. The average molecular weight is 424 g/mol. The Morgan fingerprint density at radius 2 is 1.65 bits per heavy atom. The molecule has 0 spiro atoms. The van der Waals surface area contributed by atoms with E-state index >= 15 is 0 Å². The summed E-state index contributed by atoms with van der Waals surface area (Å²) >= 11 is 0. The van der Waals surface area contributed by atoms with Crippen LogP contribution in [-0.4, -0.2) is 53.1 Å². The van der Waals surface area contributed by atoms with E-state index in [4.69, 9.17) is 16.2 Å². The number of carbonyl (C=O) groups is 1. The summed E-state index contributed by atoms with van der Waals surface area (Å²) in [6.45, 7) is 3.78. The number of anilines is 2. The van der Waals surface area contributed by atoms with E-state index in [-0.39, 0.29) is 11.9 Å². The number of ether oxygens (including phenoxy) is 1. The van der Waals surface area contributed by atoms with Crippen molar-refractivity contribution in [2.24, 2.45) is 10.2 Å². The van der Waals surface area contributed by atoms with Crippen molar-refractivity contribution in [2.75, 3.05) is 37.6 Å². The van der Waals surface area contributed by atoms with Gasteiger partial charge in [-0.25, -0.2) is 9.78 Å².